The van der Waals surface area contributed by atoms with Crippen molar-refractivity contribution < 1.29 is 14.0 Å². The molecule has 1 saturated heterocycles. The molecule has 1 N–H and O–H groups in total. The number of imide groups is 1. The van der Waals surface area contributed by atoms with Crippen LogP contribution in [0.4, 0.5) is 9.18 Å². The first kappa shape index (κ1) is 15.7. The van der Waals surface area contributed by atoms with Crippen molar-refractivity contribution in [2.24, 2.45) is 0 Å². The molecule has 0 aromatic heterocycles. The van der Waals surface area contributed by atoms with Gasteiger partial charge in [-0.25, -0.2) is 9.18 Å². The summed E-state index contributed by atoms with van der Waals surface area (Å²) >= 11 is 0. The van der Waals surface area contributed by atoms with E-state index in [-0.39, 0.29) is 17.7 Å². The molecule has 1 aliphatic rings. The van der Waals surface area contributed by atoms with Crippen LogP contribution in [0.25, 0.3) is 0 Å². The molecule has 1 fully saturated rings. The van der Waals surface area contributed by atoms with E-state index in [1.807, 2.05) is 12.1 Å². The molecule has 0 bridgehead atoms. The van der Waals surface area contributed by atoms with Gasteiger partial charge in [0.05, 0.1) is 18.2 Å². The van der Waals surface area contributed by atoms with Gasteiger partial charge in [0.25, 0.3) is 5.91 Å². The number of halogens is 1. The highest BCUT2D eigenvalue weighted by atomic mass is 19.1. The largest absolute Gasteiger partial charge is 0.325 e. The Hall–Kier alpha value is -3.20. The molecule has 0 spiro atoms. The molecule has 1 heterocycles. The Bertz CT molecular complexity index is 860. The molecule has 5 nitrogen and oxygen atoms in total. The number of rotatable bonds is 3. The molecule has 24 heavy (non-hydrogen) atoms. The van der Waals surface area contributed by atoms with Gasteiger partial charge in [-0.1, -0.05) is 30.3 Å². The van der Waals surface area contributed by atoms with Crippen LogP contribution in [0, 0.1) is 17.1 Å². The number of urea groups is 1. The standard InChI is InChI=1S/C18H14FN3O2/c1-18(14-5-3-2-4-6-14)16(23)22(17(24)21-18)11-13-9-12(10-20)7-8-15(13)19/h2-9H,11H2,1H3,(H,21,24)/t18-/m0/s1. The van der Waals surface area contributed by atoms with E-state index >= 15 is 0 Å². The maximum atomic E-state index is 13.9. The second kappa shape index (κ2) is 5.78. The van der Waals surface area contributed by atoms with Crippen LogP contribution in [0.15, 0.2) is 48.5 Å². The molecule has 3 rings (SSSR count). The first-order chi connectivity index (χ1) is 11.5. The summed E-state index contributed by atoms with van der Waals surface area (Å²) in [5, 5.41) is 11.6. The Labute approximate surface area is 138 Å². The summed E-state index contributed by atoms with van der Waals surface area (Å²) in [5.41, 5.74) is -0.155. The maximum Gasteiger partial charge on any atom is 0.325 e. The molecule has 3 amide bonds. The minimum absolute atomic E-state index is 0.120. The third-order valence-electron chi connectivity index (χ3n) is 4.13. The van der Waals surface area contributed by atoms with Crippen LogP contribution in [-0.2, 0) is 16.9 Å². The zero-order chi connectivity index (χ0) is 17.3. The van der Waals surface area contributed by atoms with Gasteiger partial charge >= 0.3 is 6.03 Å². The van der Waals surface area contributed by atoms with Gasteiger partial charge in [0.1, 0.15) is 11.4 Å². The second-order valence-corrected chi connectivity index (χ2v) is 5.73. The minimum atomic E-state index is -1.19. The third-order valence-corrected chi connectivity index (χ3v) is 4.13. The van der Waals surface area contributed by atoms with Crippen molar-refractivity contribution in [1.82, 2.24) is 10.2 Å². The predicted octanol–water partition coefficient (Wildman–Crippen LogP) is 2.66. The zero-order valence-electron chi connectivity index (χ0n) is 12.9. The Morgan fingerprint density at radius 2 is 1.92 bits per heavy atom. The normalized spacial score (nSPS) is 20.0. The summed E-state index contributed by atoms with van der Waals surface area (Å²) in [7, 11) is 0. The molecule has 0 unspecified atom stereocenters. The molecule has 2 aromatic rings. The number of carbonyl (C=O) groups is 2. The molecule has 6 heteroatoms. The second-order valence-electron chi connectivity index (χ2n) is 5.73. The lowest BCUT2D eigenvalue weighted by atomic mass is 9.92. The highest BCUT2D eigenvalue weighted by molar-refractivity contribution is 6.07. The summed E-state index contributed by atoms with van der Waals surface area (Å²) in [5.74, 6) is -1.02. The van der Waals surface area contributed by atoms with E-state index in [4.69, 9.17) is 5.26 Å². The van der Waals surface area contributed by atoms with Gasteiger partial charge in [0, 0.05) is 5.56 Å². The van der Waals surface area contributed by atoms with Crippen molar-refractivity contribution in [1.29, 1.82) is 5.26 Å². The Balaban J connectivity index is 1.92. The van der Waals surface area contributed by atoms with Crippen LogP contribution >= 0.6 is 0 Å². The number of benzene rings is 2. The predicted molar refractivity (Wildman–Crippen MR) is 84.0 cm³/mol. The molecule has 1 atom stereocenters. The van der Waals surface area contributed by atoms with Crippen molar-refractivity contribution in [3.63, 3.8) is 0 Å². The zero-order valence-corrected chi connectivity index (χ0v) is 12.9. The molecular weight excluding hydrogens is 309 g/mol. The number of nitrogens with zero attached hydrogens (tertiary/aromatic N) is 2. The van der Waals surface area contributed by atoms with Crippen LogP contribution in [0.1, 0.15) is 23.6 Å². The summed E-state index contributed by atoms with van der Waals surface area (Å²) in [4.78, 5) is 26.0. The number of hydrogen-bond acceptors (Lipinski definition) is 3. The fourth-order valence-corrected chi connectivity index (χ4v) is 2.74. The van der Waals surface area contributed by atoms with Gasteiger partial charge in [-0.2, -0.15) is 5.26 Å². The lowest BCUT2D eigenvalue weighted by Gasteiger charge is -2.22. The van der Waals surface area contributed by atoms with Crippen LogP contribution in [0.3, 0.4) is 0 Å². The molecule has 0 aliphatic carbocycles. The van der Waals surface area contributed by atoms with Crippen molar-refractivity contribution >= 4 is 11.9 Å². The molecule has 2 aromatic carbocycles. The fourth-order valence-electron chi connectivity index (χ4n) is 2.74. The number of nitrogens with one attached hydrogen (secondary N) is 1. The van der Waals surface area contributed by atoms with Gasteiger partial charge in [0.2, 0.25) is 0 Å². The minimum Gasteiger partial charge on any atom is -0.319 e. The van der Waals surface area contributed by atoms with E-state index in [9.17, 15) is 14.0 Å². The third kappa shape index (κ3) is 2.50. The van der Waals surface area contributed by atoms with Crippen molar-refractivity contribution in [2.75, 3.05) is 0 Å². The van der Waals surface area contributed by atoms with E-state index < -0.39 is 23.3 Å². The number of amides is 3. The van der Waals surface area contributed by atoms with Crippen molar-refractivity contribution in [2.45, 2.75) is 19.0 Å². The van der Waals surface area contributed by atoms with E-state index in [0.717, 1.165) is 11.0 Å². The van der Waals surface area contributed by atoms with Gasteiger partial charge in [-0.05, 0) is 30.7 Å². The SMILES string of the molecule is C[C@@]1(c2ccccc2)NC(=O)N(Cc2cc(C#N)ccc2F)C1=O. The lowest BCUT2D eigenvalue weighted by molar-refractivity contribution is -0.131. The molecule has 120 valence electrons. The van der Waals surface area contributed by atoms with E-state index in [1.165, 1.54) is 12.1 Å². The summed E-state index contributed by atoms with van der Waals surface area (Å²) < 4.78 is 13.9. The van der Waals surface area contributed by atoms with Crippen LogP contribution in [-0.4, -0.2) is 16.8 Å². The number of hydrogen-bond donors (Lipinski definition) is 1. The average Bonchev–Trinajstić information content (AvgIpc) is 2.81. The summed E-state index contributed by atoms with van der Waals surface area (Å²) in [6, 6.07) is 14.0. The highest BCUT2D eigenvalue weighted by Crippen LogP contribution is 2.30. The van der Waals surface area contributed by atoms with Gasteiger partial charge < -0.3 is 5.32 Å². The van der Waals surface area contributed by atoms with E-state index in [2.05, 4.69) is 5.32 Å². The quantitative estimate of drug-likeness (QED) is 0.883. The summed E-state index contributed by atoms with van der Waals surface area (Å²) in [6.45, 7) is 1.39. The first-order valence-corrected chi connectivity index (χ1v) is 7.34. The Kier molecular flexibility index (Phi) is 3.78. The van der Waals surface area contributed by atoms with E-state index in [1.54, 1.807) is 31.2 Å². The topological polar surface area (TPSA) is 73.2 Å². The summed E-state index contributed by atoms with van der Waals surface area (Å²) in [6.07, 6.45) is 0. The van der Waals surface area contributed by atoms with Crippen molar-refractivity contribution in [3.8, 4) is 6.07 Å². The van der Waals surface area contributed by atoms with Crippen LogP contribution in [0.2, 0.25) is 0 Å². The fraction of sp³-hybridized carbons (Fsp3) is 0.167. The Morgan fingerprint density at radius 1 is 1.21 bits per heavy atom. The van der Waals surface area contributed by atoms with Crippen LogP contribution < -0.4 is 5.32 Å². The molecule has 0 radical (unpaired) electrons. The molecule has 1 aliphatic heterocycles. The smallest absolute Gasteiger partial charge is 0.319 e. The monoisotopic (exact) mass is 323 g/mol. The average molecular weight is 323 g/mol. The highest BCUT2D eigenvalue weighted by Gasteiger charge is 2.48. The molecular formula is C18H14FN3O2. The molecule has 0 saturated carbocycles. The number of carbonyl (C=O) groups excluding carboxylic acids is 2. The van der Waals surface area contributed by atoms with Gasteiger partial charge in [-0.15, -0.1) is 0 Å². The van der Waals surface area contributed by atoms with Gasteiger partial charge in [0.15, 0.2) is 0 Å². The maximum absolute atomic E-state index is 13.9. The lowest BCUT2D eigenvalue weighted by Crippen LogP contribution is -2.40. The van der Waals surface area contributed by atoms with Crippen molar-refractivity contribution in [3.05, 3.63) is 71.0 Å². The Morgan fingerprint density at radius 3 is 2.58 bits per heavy atom. The number of nitriles is 1. The van der Waals surface area contributed by atoms with E-state index in [0.29, 0.717) is 5.56 Å². The van der Waals surface area contributed by atoms with Gasteiger partial charge in [-0.3, -0.25) is 9.69 Å². The first-order valence-electron chi connectivity index (χ1n) is 7.34. The van der Waals surface area contributed by atoms with Crippen LogP contribution in [0.5, 0.6) is 0 Å².